The van der Waals surface area contributed by atoms with Crippen LogP contribution >= 0.6 is 11.6 Å². The molecule has 0 spiro atoms. The van der Waals surface area contributed by atoms with E-state index in [0.29, 0.717) is 18.7 Å². The van der Waals surface area contributed by atoms with Gasteiger partial charge in [-0.2, -0.15) is 4.31 Å². The van der Waals surface area contributed by atoms with Crippen molar-refractivity contribution < 1.29 is 17.9 Å². The number of rotatable bonds is 10. The molecule has 0 fully saturated rings. The maximum absolute atomic E-state index is 13.5. The normalized spacial score (nSPS) is 11.4. The highest BCUT2D eigenvalue weighted by Gasteiger charge is 2.28. The highest BCUT2D eigenvalue weighted by molar-refractivity contribution is 7.89. The van der Waals surface area contributed by atoms with Gasteiger partial charge in [-0.15, -0.1) is 0 Å². The number of amides is 1. The Hall–Kier alpha value is -2.87. The van der Waals surface area contributed by atoms with Crippen LogP contribution in [-0.2, 0) is 27.8 Å². The predicted molar refractivity (Wildman–Crippen MR) is 130 cm³/mol. The maximum Gasteiger partial charge on any atom is 0.243 e. The second-order valence-electron chi connectivity index (χ2n) is 7.61. The smallest absolute Gasteiger partial charge is 0.243 e. The molecular formula is C25H27ClN2O4S. The summed E-state index contributed by atoms with van der Waals surface area (Å²) in [4.78, 5) is 14.5. The summed E-state index contributed by atoms with van der Waals surface area (Å²) in [5.74, 6) is 0.0835. The van der Waals surface area contributed by atoms with Crippen LogP contribution in [0.1, 0.15) is 11.1 Å². The van der Waals surface area contributed by atoms with E-state index in [-0.39, 0.29) is 28.9 Å². The number of likely N-dealkylation sites (N-methyl/N-ethyl adjacent to an activating group) is 1. The van der Waals surface area contributed by atoms with Crippen LogP contribution < -0.4 is 4.74 Å². The van der Waals surface area contributed by atoms with Gasteiger partial charge in [0.05, 0.1) is 23.6 Å². The van der Waals surface area contributed by atoms with Crippen molar-refractivity contribution in [2.45, 2.75) is 17.9 Å². The molecule has 0 bridgehead atoms. The molecule has 33 heavy (non-hydrogen) atoms. The van der Waals surface area contributed by atoms with E-state index >= 15 is 0 Å². The van der Waals surface area contributed by atoms with Crippen molar-refractivity contribution in [1.82, 2.24) is 9.21 Å². The summed E-state index contributed by atoms with van der Waals surface area (Å²) < 4.78 is 33.3. The zero-order valence-electron chi connectivity index (χ0n) is 18.6. The van der Waals surface area contributed by atoms with Gasteiger partial charge in [0, 0.05) is 20.1 Å². The summed E-state index contributed by atoms with van der Waals surface area (Å²) in [7, 11) is -0.845. The SMILES string of the molecule is COc1ccc(S(=O)(=O)N(CCc2ccccc2)CC(=O)N(C)Cc2ccccc2)cc1Cl. The molecule has 3 aromatic carbocycles. The standard InChI is InChI=1S/C25H27ClN2O4S/c1-27(18-21-11-7-4-8-12-21)25(29)19-28(16-15-20-9-5-3-6-10-20)33(30,31)22-13-14-24(32-2)23(26)17-22/h3-14,17H,15-16,18-19H2,1-2H3. The maximum atomic E-state index is 13.5. The second-order valence-corrected chi connectivity index (χ2v) is 9.95. The predicted octanol–water partition coefficient (Wildman–Crippen LogP) is 4.24. The van der Waals surface area contributed by atoms with Crippen molar-refractivity contribution >= 4 is 27.5 Å². The molecule has 6 nitrogen and oxygen atoms in total. The number of sulfonamides is 1. The van der Waals surface area contributed by atoms with E-state index < -0.39 is 10.0 Å². The third kappa shape index (κ3) is 6.57. The number of carbonyl (C=O) groups is 1. The van der Waals surface area contributed by atoms with Crippen LogP contribution in [0.2, 0.25) is 5.02 Å². The lowest BCUT2D eigenvalue weighted by molar-refractivity contribution is -0.130. The van der Waals surface area contributed by atoms with Gasteiger partial charge < -0.3 is 9.64 Å². The summed E-state index contributed by atoms with van der Waals surface area (Å²) in [5.41, 5.74) is 1.95. The van der Waals surface area contributed by atoms with Crippen molar-refractivity contribution in [2.75, 3.05) is 27.2 Å². The quantitative estimate of drug-likeness (QED) is 0.430. The Morgan fingerprint density at radius 1 is 0.939 bits per heavy atom. The van der Waals surface area contributed by atoms with Gasteiger partial charge in [0.15, 0.2) is 0 Å². The Bertz CT molecular complexity index is 1170. The number of hydrogen-bond donors (Lipinski definition) is 0. The van der Waals surface area contributed by atoms with E-state index in [9.17, 15) is 13.2 Å². The van der Waals surface area contributed by atoms with Crippen LogP contribution in [0.5, 0.6) is 5.75 Å². The zero-order valence-corrected chi connectivity index (χ0v) is 20.2. The molecule has 174 valence electrons. The van der Waals surface area contributed by atoms with Gasteiger partial charge in [0.2, 0.25) is 15.9 Å². The van der Waals surface area contributed by atoms with Crippen molar-refractivity contribution in [3.05, 3.63) is 95.0 Å². The molecule has 0 aliphatic rings. The molecule has 0 unspecified atom stereocenters. The summed E-state index contributed by atoms with van der Waals surface area (Å²) in [5, 5.41) is 0.189. The number of benzene rings is 3. The van der Waals surface area contributed by atoms with Gasteiger partial charge in [-0.05, 0) is 35.7 Å². The first-order valence-electron chi connectivity index (χ1n) is 10.5. The Morgan fingerprint density at radius 2 is 1.55 bits per heavy atom. The van der Waals surface area contributed by atoms with Crippen molar-refractivity contribution in [3.63, 3.8) is 0 Å². The lowest BCUT2D eigenvalue weighted by Gasteiger charge is -2.25. The number of nitrogens with zero attached hydrogens (tertiary/aromatic N) is 2. The summed E-state index contributed by atoms with van der Waals surface area (Å²) in [6.45, 7) is 0.268. The topological polar surface area (TPSA) is 66.9 Å². The first-order valence-corrected chi connectivity index (χ1v) is 12.3. The van der Waals surface area contributed by atoms with Crippen LogP contribution in [0.15, 0.2) is 83.8 Å². The van der Waals surface area contributed by atoms with Crippen molar-refractivity contribution in [2.24, 2.45) is 0 Å². The lowest BCUT2D eigenvalue weighted by Crippen LogP contribution is -2.42. The molecule has 0 aliphatic heterocycles. The fourth-order valence-electron chi connectivity index (χ4n) is 3.36. The molecule has 0 atom stereocenters. The Kier molecular flexibility index (Phi) is 8.49. The fourth-order valence-corrected chi connectivity index (χ4v) is 5.10. The number of ether oxygens (including phenoxy) is 1. The fraction of sp³-hybridized carbons (Fsp3) is 0.240. The Morgan fingerprint density at radius 3 is 2.12 bits per heavy atom. The highest BCUT2D eigenvalue weighted by Crippen LogP contribution is 2.28. The molecular weight excluding hydrogens is 460 g/mol. The van der Waals surface area contributed by atoms with Gasteiger partial charge in [-0.25, -0.2) is 8.42 Å². The summed E-state index contributed by atoms with van der Waals surface area (Å²) in [6.07, 6.45) is 0.472. The number of methoxy groups -OCH3 is 1. The number of halogens is 1. The van der Waals surface area contributed by atoms with Gasteiger partial charge >= 0.3 is 0 Å². The Labute approximate surface area is 200 Å². The molecule has 0 saturated heterocycles. The van der Waals surface area contributed by atoms with E-state index in [4.69, 9.17) is 16.3 Å². The van der Waals surface area contributed by atoms with Crippen LogP contribution in [0.25, 0.3) is 0 Å². The minimum absolute atomic E-state index is 0.0138. The molecule has 8 heteroatoms. The van der Waals surface area contributed by atoms with Gasteiger partial charge in [-0.3, -0.25) is 4.79 Å². The van der Waals surface area contributed by atoms with Crippen LogP contribution in [-0.4, -0.2) is 50.8 Å². The van der Waals surface area contributed by atoms with E-state index in [1.54, 1.807) is 7.05 Å². The summed E-state index contributed by atoms with van der Waals surface area (Å²) >= 11 is 6.18. The average Bonchev–Trinajstić information content (AvgIpc) is 2.82. The number of carbonyl (C=O) groups excluding carboxylic acids is 1. The van der Waals surface area contributed by atoms with Gasteiger partial charge in [0.1, 0.15) is 5.75 Å². The van der Waals surface area contributed by atoms with E-state index in [0.717, 1.165) is 11.1 Å². The molecule has 0 N–H and O–H groups in total. The Balaban J connectivity index is 1.83. The third-order valence-electron chi connectivity index (χ3n) is 5.25. The van der Waals surface area contributed by atoms with E-state index in [1.807, 2.05) is 60.7 Å². The monoisotopic (exact) mass is 486 g/mol. The first kappa shape index (κ1) is 24.8. The lowest BCUT2D eigenvalue weighted by atomic mass is 10.1. The molecule has 0 aliphatic carbocycles. The molecule has 0 heterocycles. The van der Waals surface area contributed by atoms with Crippen LogP contribution in [0.3, 0.4) is 0 Å². The van der Waals surface area contributed by atoms with Gasteiger partial charge in [-0.1, -0.05) is 72.3 Å². The zero-order chi connectivity index (χ0) is 23.8. The van der Waals surface area contributed by atoms with Crippen molar-refractivity contribution in [3.8, 4) is 5.75 Å². The minimum atomic E-state index is -3.97. The van der Waals surface area contributed by atoms with Crippen LogP contribution in [0.4, 0.5) is 0 Å². The van der Waals surface area contributed by atoms with Crippen molar-refractivity contribution in [1.29, 1.82) is 0 Å². The van der Waals surface area contributed by atoms with E-state index in [2.05, 4.69) is 0 Å². The molecule has 3 aromatic rings. The van der Waals surface area contributed by atoms with Gasteiger partial charge in [0.25, 0.3) is 0 Å². The largest absolute Gasteiger partial charge is 0.495 e. The number of hydrogen-bond acceptors (Lipinski definition) is 4. The molecule has 0 saturated carbocycles. The third-order valence-corrected chi connectivity index (χ3v) is 7.39. The van der Waals surface area contributed by atoms with Crippen LogP contribution in [0, 0.1) is 0 Å². The average molecular weight is 487 g/mol. The molecule has 0 radical (unpaired) electrons. The first-order chi connectivity index (χ1) is 15.8. The van der Waals surface area contributed by atoms with E-state index in [1.165, 1.54) is 34.5 Å². The minimum Gasteiger partial charge on any atom is -0.495 e. The molecule has 0 aromatic heterocycles. The highest BCUT2D eigenvalue weighted by atomic mass is 35.5. The summed E-state index contributed by atoms with van der Waals surface area (Å²) in [6, 6.07) is 23.4. The molecule has 3 rings (SSSR count). The second kappa shape index (κ2) is 11.3. The molecule has 1 amide bonds.